The Kier molecular flexibility index (Phi) is 4.60. The highest BCUT2D eigenvalue weighted by atomic mass is 19.4. The highest BCUT2D eigenvalue weighted by molar-refractivity contribution is 5.94. The number of halogens is 3. The molecule has 4 heterocycles. The monoisotopic (exact) mass is 388 g/mol. The van der Waals surface area contributed by atoms with Crippen LogP contribution in [-0.2, 0) is 10.9 Å². The predicted molar refractivity (Wildman–Crippen MR) is 94.3 cm³/mol. The zero-order valence-electron chi connectivity index (χ0n) is 14.5. The third-order valence-electron chi connectivity index (χ3n) is 4.58. The quantitative estimate of drug-likeness (QED) is 0.712. The number of rotatable bonds is 3. The summed E-state index contributed by atoms with van der Waals surface area (Å²) in [5.41, 5.74) is 0.191. The zero-order valence-corrected chi connectivity index (χ0v) is 14.5. The van der Waals surface area contributed by atoms with Crippen LogP contribution in [0.3, 0.4) is 0 Å². The Morgan fingerprint density at radius 3 is 2.71 bits per heavy atom. The van der Waals surface area contributed by atoms with E-state index in [1.54, 1.807) is 0 Å². The van der Waals surface area contributed by atoms with E-state index < -0.39 is 11.7 Å². The molecule has 0 atom stereocenters. The standard InChI is InChI=1S/C18H15F3N6O/c19-18(20,21)11-5-13-14(9-24-16(13)23-8-11)15-10(6-22)7-25-17(27-15)26-12-1-3-28-4-2-12/h5,7-9,12H,1-4H2,(H,23,24)(H,25,26,27). The van der Waals surface area contributed by atoms with E-state index in [9.17, 15) is 18.4 Å². The van der Waals surface area contributed by atoms with Gasteiger partial charge in [-0.1, -0.05) is 0 Å². The minimum absolute atomic E-state index is 0.135. The first-order chi connectivity index (χ1) is 13.5. The van der Waals surface area contributed by atoms with Crippen molar-refractivity contribution in [1.29, 1.82) is 5.26 Å². The third-order valence-corrected chi connectivity index (χ3v) is 4.58. The van der Waals surface area contributed by atoms with Gasteiger partial charge in [-0.15, -0.1) is 0 Å². The summed E-state index contributed by atoms with van der Waals surface area (Å²) in [6.07, 6.45) is 0.708. The maximum atomic E-state index is 13.1. The number of alkyl halides is 3. The van der Waals surface area contributed by atoms with Crippen molar-refractivity contribution in [1.82, 2.24) is 19.9 Å². The van der Waals surface area contributed by atoms with Gasteiger partial charge in [0.1, 0.15) is 11.7 Å². The molecule has 0 spiro atoms. The van der Waals surface area contributed by atoms with Crippen LogP contribution < -0.4 is 5.32 Å². The topological polar surface area (TPSA) is 99.5 Å². The second-order valence-electron chi connectivity index (χ2n) is 6.42. The van der Waals surface area contributed by atoms with Crippen molar-refractivity contribution in [2.24, 2.45) is 0 Å². The van der Waals surface area contributed by atoms with Gasteiger partial charge < -0.3 is 15.0 Å². The van der Waals surface area contributed by atoms with Crippen molar-refractivity contribution in [2.45, 2.75) is 25.1 Å². The van der Waals surface area contributed by atoms with Crippen molar-refractivity contribution < 1.29 is 17.9 Å². The molecule has 0 amide bonds. The third kappa shape index (κ3) is 3.48. The highest BCUT2D eigenvalue weighted by Gasteiger charge is 2.31. The minimum atomic E-state index is -4.52. The van der Waals surface area contributed by atoms with Gasteiger partial charge in [0.25, 0.3) is 0 Å². The fourth-order valence-electron chi connectivity index (χ4n) is 3.12. The number of nitrogens with one attached hydrogen (secondary N) is 2. The van der Waals surface area contributed by atoms with Gasteiger partial charge in [-0.2, -0.15) is 18.4 Å². The second kappa shape index (κ2) is 7.09. The second-order valence-corrected chi connectivity index (χ2v) is 6.42. The molecule has 3 aromatic heterocycles. The summed E-state index contributed by atoms with van der Waals surface area (Å²) >= 11 is 0. The summed E-state index contributed by atoms with van der Waals surface area (Å²) in [7, 11) is 0. The van der Waals surface area contributed by atoms with E-state index in [4.69, 9.17) is 4.74 Å². The van der Waals surface area contributed by atoms with Crippen LogP contribution in [0.4, 0.5) is 19.1 Å². The lowest BCUT2D eigenvalue weighted by molar-refractivity contribution is -0.137. The molecule has 144 valence electrons. The molecule has 1 aliphatic heterocycles. The van der Waals surface area contributed by atoms with Crippen LogP contribution in [0.2, 0.25) is 0 Å². The van der Waals surface area contributed by atoms with Crippen LogP contribution in [0.15, 0.2) is 24.7 Å². The molecule has 28 heavy (non-hydrogen) atoms. The summed E-state index contributed by atoms with van der Waals surface area (Å²) in [4.78, 5) is 15.2. The Hall–Kier alpha value is -3.19. The van der Waals surface area contributed by atoms with E-state index in [1.165, 1.54) is 12.4 Å². The smallest absolute Gasteiger partial charge is 0.381 e. The van der Waals surface area contributed by atoms with E-state index in [0.717, 1.165) is 25.1 Å². The number of aromatic nitrogens is 4. The number of aromatic amines is 1. The molecule has 3 aromatic rings. The molecule has 0 unspecified atom stereocenters. The van der Waals surface area contributed by atoms with Crippen molar-refractivity contribution in [3.63, 3.8) is 0 Å². The van der Waals surface area contributed by atoms with Gasteiger partial charge in [-0.05, 0) is 18.9 Å². The molecular formula is C18H15F3N6O. The minimum Gasteiger partial charge on any atom is -0.381 e. The Bertz CT molecular complexity index is 1050. The van der Waals surface area contributed by atoms with Gasteiger partial charge >= 0.3 is 6.18 Å². The molecule has 1 aliphatic rings. The lowest BCUT2D eigenvalue weighted by atomic mass is 10.1. The summed E-state index contributed by atoms with van der Waals surface area (Å²) in [6.45, 7) is 1.27. The van der Waals surface area contributed by atoms with Gasteiger partial charge in [0.05, 0.1) is 23.0 Å². The average Bonchev–Trinajstić information content (AvgIpc) is 3.11. The van der Waals surface area contributed by atoms with Gasteiger partial charge in [0, 0.05) is 42.6 Å². The Balaban J connectivity index is 1.77. The normalized spacial score (nSPS) is 15.5. The number of hydrogen-bond acceptors (Lipinski definition) is 6. The Morgan fingerprint density at radius 1 is 1.21 bits per heavy atom. The van der Waals surface area contributed by atoms with Crippen LogP contribution in [0.5, 0.6) is 0 Å². The van der Waals surface area contributed by atoms with Crippen LogP contribution in [-0.4, -0.2) is 39.2 Å². The fourth-order valence-corrected chi connectivity index (χ4v) is 3.12. The average molecular weight is 388 g/mol. The van der Waals surface area contributed by atoms with E-state index in [1.807, 2.05) is 6.07 Å². The lowest BCUT2D eigenvalue weighted by Gasteiger charge is -2.23. The maximum absolute atomic E-state index is 13.1. The molecule has 4 rings (SSSR count). The number of pyridine rings is 1. The van der Waals surface area contributed by atoms with Crippen LogP contribution in [0.25, 0.3) is 22.3 Å². The highest BCUT2D eigenvalue weighted by Crippen LogP contribution is 2.34. The number of anilines is 1. The fraction of sp³-hybridized carbons (Fsp3) is 0.333. The molecule has 0 aromatic carbocycles. The Labute approximate surface area is 157 Å². The maximum Gasteiger partial charge on any atom is 0.417 e. The van der Waals surface area contributed by atoms with E-state index in [0.29, 0.717) is 24.7 Å². The van der Waals surface area contributed by atoms with Gasteiger partial charge in [0.15, 0.2) is 0 Å². The molecule has 0 aliphatic carbocycles. The number of nitriles is 1. The van der Waals surface area contributed by atoms with E-state index in [2.05, 4.69) is 25.3 Å². The number of H-pyrrole nitrogens is 1. The summed E-state index contributed by atoms with van der Waals surface area (Å²) < 4.78 is 44.6. The van der Waals surface area contributed by atoms with Crippen molar-refractivity contribution in [2.75, 3.05) is 18.5 Å². The largest absolute Gasteiger partial charge is 0.417 e. The molecule has 1 fully saturated rings. The first-order valence-corrected chi connectivity index (χ1v) is 8.62. The number of fused-ring (bicyclic) bond motifs is 1. The summed E-state index contributed by atoms with van der Waals surface area (Å²) in [6, 6.07) is 3.13. The summed E-state index contributed by atoms with van der Waals surface area (Å²) in [5.74, 6) is 0.315. The van der Waals surface area contributed by atoms with Gasteiger partial charge in [-0.3, -0.25) is 0 Å². The molecule has 0 saturated carbocycles. The lowest BCUT2D eigenvalue weighted by Crippen LogP contribution is -2.28. The molecule has 2 N–H and O–H groups in total. The first kappa shape index (κ1) is 18.2. The van der Waals surface area contributed by atoms with Crippen LogP contribution in [0, 0.1) is 11.3 Å². The Morgan fingerprint density at radius 2 is 2.00 bits per heavy atom. The number of nitrogens with zero attached hydrogens (tertiary/aromatic N) is 4. The van der Waals surface area contributed by atoms with E-state index >= 15 is 0 Å². The van der Waals surface area contributed by atoms with Crippen molar-refractivity contribution >= 4 is 17.0 Å². The molecular weight excluding hydrogens is 373 g/mol. The summed E-state index contributed by atoms with van der Waals surface area (Å²) in [5, 5.41) is 12.9. The van der Waals surface area contributed by atoms with E-state index in [-0.39, 0.29) is 28.3 Å². The van der Waals surface area contributed by atoms with Crippen LogP contribution in [0.1, 0.15) is 24.0 Å². The van der Waals surface area contributed by atoms with Crippen molar-refractivity contribution in [3.8, 4) is 17.3 Å². The predicted octanol–water partition coefficient (Wildman–Crippen LogP) is 3.50. The zero-order chi connectivity index (χ0) is 19.7. The van der Waals surface area contributed by atoms with Gasteiger partial charge in [0.2, 0.25) is 5.95 Å². The molecule has 1 saturated heterocycles. The molecule has 10 heteroatoms. The SMILES string of the molecule is N#Cc1cnc(NC2CCOCC2)nc1-c1c[nH]c2ncc(C(F)(F)F)cc12. The molecule has 0 radical (unpaired) electrons. The van der Waals surface area contributed by atoms with Gasteiger partial charge in [-0.25, -0.2) is 15.0 Å². The first-order valence-electron chi connectivity index (χ1n) is 8.62. The molecule has 0 bridgehead atoms. The van der Waals surface area contributed by atoms with Crippen LogP contribution >= 0.6 is 0 Å². The molecule has 7 nitrogen and oxygen atoms in total. The number of hydrogen-bond donors (Lipinski definition) is 2. The number of ether oxygens (including phenoxy) is 1. The van der Waals surface area contributed by atoms with Crippen molar-refractivity contribution in [3.05, 3.63) is 35.8 Å².